The average molecular weight is 353 g/mol. The van der Waals surface area contributed by atoms with E-state index in [1.165, 1.54) is 7.11 Å². The van der Waals surface area contributed by atoms with E-state index in [-0.39, 0.29) is 18.6 Å². The van der Waals surface area contributed by atoms with Gasteiger partial charge in [-0.2, -0.15) is 0 Å². The van der Waals surface area contributed by atoms with Crippen molar-refractivity contribution in [3.63, 3.8) is 0 Å². The molecule has 2 rings (SSSR count). The molecule has 3 atom stereocenters. The summed E-state index contributed by atoms with van der Waals surface area (Å²) in [7, 11) is 1.28. The zero-order chi connectivity index (χ0) is 18.8. The standard InChI is InChI=1S/C18H27NO6/c1-17(2,3)25-16(21)19-12(15(20)22-6)10-11-8-7-9-13-14(11)24-18(4,5)23-13/h7-9,12-14H,10H2,1-6H3,(H,19,21)/t12-,13-,14+/m0/s1. The smallest absolute Gasteiger partial charge is 0.408 e. The maximum Gasteiger partial charge on any atom is 0.408 e. The van der Waals surface area contributed by atoms with Crippen molar-refractivity contribution in [3.05, 3.63) is 23.8 Å². The molecule has 1 aliphatic heterocycles. The summed E-state index contributed by atoms with van der Waals surface area (Å²) in [4.78, 5) is 24.1. The molecule has 1 fully saturated rings. The zero-order valence-corrected chi connectivity index (χ0v) is 15.6. The van der Waals surface area contributed by atoms with Crippen LogP contribution >= 0.6 is 0 Å². The Balaban J connectivity index is 2.09. The Morgan fingerprint density at radius 1 is 1.32 bits per heavy atom. The molecule has 1 N–H and O–H groups in total. The van der Waals surface area contributed by atoms with Gasteiger partial charge in [0.1, 0.15) is 23.9 Å². The number of carbonyl (C=O) groups is 2. The van der Waals surface area contributed by atoms with Crippen molar-refractivity contribution in [2.75, 3.05) is 7.11 Å². The van der Waals surface area contributed by atoms with Crippen LogP contribution in [0.3, 0.4) is 0 Å². The van der Waals surface area contributed by atoms with E-state index in [1.807, 2.05) is 32.1 Å². The van der Waals surface area contributed by atoms with E-state index >= 15 is 0 Å². The van der Waals surface area contributed by atoms with Gasteiger partial charge in [-0.15, -0.1) is 0 Å². The fourth-order valence-electron chi connectivity index (χ4n) is 2.81. The summed E-state index contributed by atoms with van der Waals surface area (Å²) in [6.45, 7) is 8.95. The van der Waals surface area contributed by atoms with Crippen LogP contribution in [0.5, 0.6) is 0 Å². The highest BCUT2D eigenvalue weighted by Gasteiger charge is 2.43. The van der Waals surface area contributed by atoms with Crippen LogP contribution in [-0.4, -0.2) is 48.8 Å². The number of carbonyl (C=O) groups excluding carboxylic acids is 2. The number of alkyl carbamates (subject to hydrolysis) is 1. The van der Waals surface area contributed by atoms with E-state index in [0.717, 1.165) is 5.57 Å². The fourth-order valence-corrected chi connectivity index (χ4v) is 2.81. The van der Waals surface area contributed by atoms with Crippen LogP contribution in [0.2, 0.25) is 0 Å². The Labute approximate surface area is 148 Å². The van der Waals surface area contributed by atoms with Crippen molar-refractivity contribution >= 4 is 12.1 Å². The van der Waals surface area contributed by atoms with E-state index in [4.69, 9.17) is 18.9 Å². The largest absolute Gasteiger partial charge is 0.467 e. The summed E-state index contributed by atoms with van der Waals surface area (Å²) in [6, 6.07) is -0.870. The first-order valence-corrected chi connectivity index (χ1v) is 8.31. The zero-order valence-electron chi connectivity index (χ0n) is 15.6. The van der Waals surface area contributed by atoms with Gasteiger partial charge in [-0.1, -0.05) is 18.2 Å². The maximum absolute atomic E-state index is 12.1. The van der Waals surface area contributed by atoms with Gasteiger partial charge in [-0.05, 0) is 40.2 Å². The predicted molar refractivity (Wildman–Crippen MR) is 90.8 cm³/mol. The van der Waals surface area contributed by atoms with Crippen molar-refractivity contribution in [2.24, 2.45) is 0 Å². The van der Waals surface area contributed by atoms with Crippen LogP contribution in [0.25, 0.3) is 0 Å². The van der Waals surface area contributed by atoms with Gasteiger partial charge in [-0.3, -0.25) is 0 Å². The number of ether oxygens (including phenoxy) is 4. The van der Waals surface area contributed by atoms with Crippen molar-refractivity contribution in [1.82, 2.24) is 5.32 Å². The minimum atomic E-state index is -0.870. The molecule has 1 amide bonds. The number of hydrogen-bond acceptors (Lipinski definition) is 6. The highest BCUT2D eigenvalue weighted by Crippen LogP contribution is 2.36. The molecule has 25 heavy (non-hydrogen) atoms. The van der Waals surface area contributed by atoms with Gasteiger partial charge in [0.05, 0.1) is 7.11 Å². The van der Waals surface area contributed by atoms with Crippen LogP contribution in [0.15, 0.2) is 23.8 Å². The van der Waals surface area contributed by atoms with Crippen molar-refractivity contribution < 1.29 is 28.5 Å². The highest BCUT2D eigenvalue weighted by atomic mass is 16.7. The van der Waals surface area contributed by atoms with Crippen molar-refractivity contribution in [2.45, 2.75) is 70.7 Å². The van der Waals surface area contributed by atoms with Crippen LogP contribution in [0, 0.1) is 0 Å². The fraction of sp³-hybridized carbons (Fsp3) is 0.667. The molecule has 0 aromatic heterocycles. The summed E-state index contributed by atoms with van der Waals surface area (Å²) >= 11 is 0. The van der Waals surface area contributed by atoms with Gasteiger partial charge < -0.3 is 24.3 Å². The summed E-state index contributed by atoms with van der Waals surface area (Å²) in [5.74, 6) is -1.25. The molecule has 0 bridgehead atoms. The molecule has 2 aliphatic rings. The van der Waals surface area contributed by atoms with E-state index in [9.17, 15) is 9.59 Å². The van der Waals surface area contributed by atoms with Crippen molar-refractivity contribution in [1.29, 1.82) is 0 Å². The molecular weight excluding hydrogens is 326 g/mol. The Morgan fingerprint density at radius 3 is 2.60 bits per heavy atom. The number of esters is 1. The van der Waals surface area contributed by atoms with Crippen LogP contribution in [0.1, 0.15) is 41.0 Å². The number of amides is 1. The van der Waals surface area contributed by atoms with Gasteiger partial charge in [0.25, 0.3) is 0 Å². The van der Waals surface area contributed by atoms with E-state index in [0.29, 0.717) is 0 Å². The Kier molecular flexibility index (Phi) is 5.58. The van der Waals surface area contributed by atoms with Gasteiger partial charge >= 0.3 is 12.1 Å². The summed E-state index contributed by atoms with van der Waals surface area (Å²) in [6.07, 6.45) is 4.72. The maximum atomic E-state index is 12.1. The number of fused-ring (bicyclic) bond motifs is 1. The third-order valence-electron chi connectivity index (χ3n) is 3.72. The molecule has 140 valence electrons. The minimum Gasteiger partial charge on any atom is -0.467 e. The second-order valence-electron chi connectivity index (χ2n) is 7.57. The lowest BCUT2D eigenvalue weighted by atomic mass is 9.93. The molecule has 0 aromatic carbocycles. The van der Waals surface area contributed by atoms with Crippen LogP contribution < -0.4 is 5.32 Å². The Morgan fingerprint density at radius 2 is 2.00 bits per heavy atom. The predicted octanol–water partition coefficient (Wildman–Crippen LogP) is 2.46. The molecule has 0 aromatic rings. The van der Waals surface area contributed by atoms with E-state index in [1.54, 1.807) is 20.8 Å². The number of rotatable bonds is 4. The molecule has 0 spiro atoms. The lowest BCUT2D eigenvalue weighted by molar-refractivity contribution is -0.143. The Hall–Kier alpha value is -1.86. The SMILES string of the molecule is COC(=O)[C@H](CC1=CC=C[C@@H]2OC(C)(C)O[C@H]12)NC(=O)OC(C)(C)C. The third-order valence-corrected chi connectivity index (χ3v) is 3.72. The number of hydrogen-bond donors (Lipinski definition) is 1. The van der Waals surface area contributed by atoms with Crippen LogP contribution in [0.4, 0.5) is 4.79 Å². The molecule has 1 saturated heterocycles. The van der Waals surface area contributed by atoms with Gasteiger partial charge in [0.2, 0.25) is 0 Å². The molecule has 7 heteroatoms. The van der Waals surface area contributed by atoms with Crippen LogP contribution in [-0.2, 0) is 23.7 Å². The normalized spacial score (nSPS) is 25.6. The summed E-state index contributed by atoms with van der Waals surface area (Å²) < 4.78 is 21.8. The first-order valence-electron chi connectivity index (χ1n) is 8.31. The highest BCUT2D eigenvalue weighted by molar-refractivity contribution is 5.81. The second-order valence-corrected chi connectivity index (χ2v) is 7.57. The lowest BCUT2D eigenvalue weighted by Crippen LogP contribution is -2.45. The van der Waals surface area contributed by atoms with E-state index in [2.05, 4.69) is 5.32 Å². The quantitative estimate of drug-likeness (QED) is 0.782. The molecular formula is C18H27NO6. The van der Waals surface area contributed by atoms with Gasteiger partial charge in [0, 0.05) is 6.42 Å². The molecule has 1 heterocycles. The molecule has 0 radical (unpaired) electrons. The van der Waals surface area contributed by atoms with E-state index < -0.39 is 29.5 Å². The average Bonchev–Trinajstić information content (AvgIpc) is 2.78. The van der Waals surface area contributed by atoms with Crippen molar-refractivity contribution in [3.8, 4) is 0 Å². The first kappa shape index (κ1) is 19.5. The molecule has 7 nitrogen and oxygen atoms in total. The Bertz CT molecular complexity index is 587. The molecule has 0 unspecified atom stereocenters. The first-order chi connectivity index (χ1) is 11.5. The molecule has 0 saturated carbocycles. The molecule has 1 aliphatic carbocycles. The minimum absolute atomic E-state index is 0.213. The number of allylic oxidation sites excluding steroid dienone is 2. The third kappa shape index (κ3) is 5.31. The van der Waals surface area contributed by atoms with Gasteiger partial charge in [-0.25, -0.2) is 9.59 Å². The summed E-state index contributed by atoms with van der Waals surface area (Å²) in [5.41, 5.74) is 0.194. The van der Waals surface area contributed by atoms with Gasteiger partial charge in [0.15, 0.2) is 5.79 Å². The second kappa shape index (κ2) is 7.17. The number of methoxy groups -OCH3 is 1. The summed E-state index contributed by atoms with van der Waals surface area (Å²) in [5, 5.41) is 2.58. The topological polar surface area (TPSA) is 83.1 Å². The lowest BCUT2D eigenvalue weighted by Gasteiger charge is -2.26. The monoisotopic (exact) mass is 353 g/mol. The number of nitrogens with one attached hydrogen (secondary N) is 1.